The van der Waals surface area contributed by atoms with Gasteiger partial charge in [-0.05, 0) is 42.8 Å². The van der Waals surface area contributed by atoms with Gasteiger partial charge in [-0.25, -0.2) is 8.42 Å². The zero-order chi connectivity index (χ0) is 15.6. The average Bonchev–Trinajstić information content (AvgIpc) is 2.40. The minimum absolute atomic E-state index is 0.285. The highest BCUT2D eigenvalue weighted by Gasteiger charge is 2.10. The highest BCUT2D eigenvalue weighted by molar-refractivity contribution is 7.90. The number of thiocarbonyl (C=S) groups is 1. The standard InChI is InChI=1S/C15H16N2O2S2/c1-10-4-3-5-13(15(16)20)14(10)17-11-6-8-12(9-7-11)21(2,18)19/h3-9,17H,1-2H3,(H2,16,20). The molecule has 0 heterocycles. The second kappa shape index (κ2) is 5.83. The van der Waals surface area contributed by atoms with Crippen molar-refractivity contribution in [2.45, 2.75) is 11.8 Å². The van der Waals surface area contributed by atoms with Crippen molar-refractivity contribution in [3.05, 3.63) is 53.6 Å². The van der Waals surface area contributed by atoms with Gasteiger partial charge >= 0.3 is 0 Å². The minimum Gasteiger partial charge on any atom is -0.389 e. The van der Waals surface area contributed by atoms with Crippen molar-refractivity contribution in [1.82, 2.24) is 0 Å². The smallest absolute Gasteiger partial charge is 0.175 e. The molecule has 0 aliphatic carbocycles. The Kier molecular flexibility index (Phi) is 4.29. The summed E-state index contributed by atoms with van der Waals surface area (Å²) in [5.41, 5.74) is 9.10. The summed E-state index contributed by atoms with van der Waals surface area (Å²) < 4.78 is 22.9. The van der Waals surface area contributed by atoms with Crippen LogP contribution in [-0.2, 0) is 9.84 Å². The SMILES string of the molecule is Cc1cccc(C(N)=S)c1Nc1ccc(S(C)(=O)=O)cc1. The number of aryl methyl sites for hydroxylation is 1. The second-order valence-corrected chi connectivity index (χ2v) is 7.24. The first-order valence-corrected chi connectivity index (χ1v) is 8.55. The van der Waals surface area contributed by atoms with Gasteiger partial charge in [-0.1, -0.05) is 24.4 Å². The van der Waals surface area contributed by atoms with E-state index in [1.807, 2.05) is 25.1 Å². The summed E-state index contributed by atoms with van der Waals surface area (Å²) in [7, 11) is -3.19. The van der Waals surface area contributed by atoms with Gasteiger partial charge in [-0.2, -0.15) is 0 Å². The van der Waals surface area contributed by atoms with Crippen LogP contribution in [0.4, 0.5) is 11.4 Å². The van der Waals surface area contributed by atoms with Gasteiger partial charge in [0.2, 0.25) is 0 Å². The largest absolute Gasteiger partial charge is 0.389 e. The van der Waals surface area contributed by atoms with E-state index in [9.17, 15) is 8.42 Å². The molecule has 0 saturated carbocycles. The fraction of sp³-hybridized carbons (Fsp3) is 0.133. The Bertz CT molecular complexity index is 782. The minimum atomic E-state index is -3.19. The van der Waals surface area contributed by atoms with Gasteiger partial charge in [0.1, 0.15) is 4.99 Å². The highest BCUT2D eigenvalue weighted by Crippen LogP contribution is 2.25. The number of para-hydroxylation sites is 1. The topological polar surface area (TPSA) is 72.2 Å². The van der Waals surface area contributed by atoms with Crippen LogP contribution in [0.3, 0.4) is 0 Å². The fourth-order valence-electron chi connectivity index (χ4n) is 1.97. The lowest BCUT2D eigenvalue weighted by Crippen LogP contribution is -2.12. The molecule has 0 saturated heterocycles. The normalized spacial score (nSPS) is 11.1. The van der Waals surface area contributed by atoms with Crippen molar-refractivity contribution < 1.29 is 8.42 Å². The molecular formula is C15H16N2O2S2. The summed E-state index contributed by atoms with van der Waals surface area (Å²) in [5, 5.41) is 3.24. The lowest BCUT2D eigenvalue weighted by molar-refractivity contribution is 0.602. The Hall–Kier alpha value is -1.92. The third-order valence-corrected chi connectivity index (χ3v) is 4.44. The molecule has 0 spiro atoms. The van der Waals surface area contributed by atoms with Gasteiger partial charge in [0.05, 0.1) is 10.6 Å². The Balaban J connectivity index is 2.37. The summed E-state index contributed by atoms with van der Waals surface area (Å²) in [6.45, 7) is 1.95. The monoisotopic (exact) mass is 320 g/mol. The van der Waals surface area contributed by atoms with Gasteiger partial charge in [0, 0.05) is 17.5 Å². The Morgan fingerprint density at radius 1 is 1.14 bits per heavy atom. The van der Waals surface area contributed by atoms with E-state index in [1.165, 1.54) is 6.26 Å². The van der Waals surface area contributed by atoms with Gasteiger partial charge in [0.15, 0.2) is 9.84 Å². The summed E-state index contributed by atoms with van der Waals surface area (Å²) in [4.78, 5) is 0.598. The number of nitrogens with one attached hydrogen (secondary N) is 1. The van der Waals surface area contributed by atoms with Gasteiger partial charge in [0.25, 0.3) is 0 Å². The molecule has 6 heteroatoms. The van der Waals surface area contributed by atoms with Crippen LogP contribution in [0.2, 0.25) is 0 Å². The molecule has 2 rings (SSSR count). The summed E-state index contributed by atoms with van der Waals surface area (Å²) in [5.74, 6) is 0. The maximum Gasteiger partial charge on any atom is 0.175 e. The predicted octanol–water partition coefficient (Wildman–Crippen LogP) is 2.78. The van der Waals surface area contributed by atoms with E-state index in [0.717, 1.165) is 22.5 Å². The molecule has 110 valence electrons. The molecule has 0 unspecified atom stereocenters. The molecule has 0 radical (unpaired) electrons. The van der Waals surface area contributed by atoms with Gasteiger partial charge in [-0.15, -0.1) is 0 Å². The van der Waals surface area contributed by atoms with E-state index in [2.05, 4.69) is 5.32 Å². The van der Waals surface area contributed by atoms with Crippen molar-refractivity contribution in [3.63, 3.8) is 0 Å². The first-order valence-electron chi connectivity index (χ1n) is 6.25. The van der Waals surface area contributed by atoms with Crippen LogP contribution in [0.25, 0.3) is 0 Å². The highest BCUT2D eigenvalue weighted by atomic mass is 32.2. The molecule has 21 heavy (non-hydrogen) atoms. The molecule has 2 aromatic rings. The zero-order valence-corrected chi connectivity index (χ0v) is 13.4. The van der Waals surface area contributed by atoms with Gasteiger partial charge in [-0.3, -0.25) is 0 Å². The Labute approximate surface area is 129 Å². The van der Waals surface area contributed by atoms with Crippen molar-refractivity contribution in [1.29, 1.82) is 0 Å². The van der Waals surface area contributed by atoms with E-state index < -0.39 is 9.84 Å². The number of rotatable bonds is 4. The lowest BCUT2D eigenvalue weighted by Gasteiger charge is -2.14. The molecule has 0 aliphatic rings. The predicted molar refractivity (Wildman–Crippen MR) is 89.9 cm³/mol. The molecule has 0 amide bonds. The molecule has 4 nitrogen and oxygen atoms in total. The third-order valence-electron chi connectivity index (χ3n) is 3.09. The number of benzene rings is 2. The Morgan fingerprint density at radius 2 is 1.76 bits per heavy atom. The van der Waals surface area contributed by atoms with E-state index >= 15 is 0 Å². The van der Waals surface area contributed by atoms with Crippen molar-refractivity contribution >= 4 is 38.4 Å². The van der Waals surface area contributed by atoms with E-state index in [4.69, 9.17) is 18.0 Å². The molecule has 3 N–H and O–H groups in total. The zero-order valence-electron chi connectivity index (χ0n) is 11.8. The third kappa shape index (κ3) is 3.59. The summed E-state index contributed by atoms with van der Waals surface area (Å²) in [6.07, 6.45) is 1.18. The number of hydrogen-bond donors (Lipinski definition) is 2. The molecule has 0 aromatic heterocycles. The maximum absolute atomic E-state index is 11.4. The summed E-state index contributed by atoms with van der Waals surface area (Å²) in [6, 6.07) is 12.3. The fourth-order valence-corrected chi connectivity index (χ4v) is 2.77. The quantitative estimate of drug-likeness (QED) is 0.848. The summed E-state index contributed by atoms with van der Waals surface area (Å²) >= 11 is 5.05. The average molecular weight is 320 g/mol. The number of sulfone groups is 1. The number of nitrogens with two attached hydrogens (primary N) is 1. The van der Waals surface area contributed by atoms with Crippen LogP contribution < -0.4 is 11.1 Å². The van der Waals surface area contributed by atoms with E-state index in [0.29, 0.717) is 4.99 Å². The molecule has 0 fully saturated rings. The van der Waals surface area contributed by atoms with Crippen LogP contribution in [0.1, 0.15) is 11.1 Å². The molecule has 0 atom stereocenters. The molecule has 0 aliphatic heterocycles. The molecular weight excluding hydrogens is 304 g/mol. The molecule has 2 aromatic carbocycles. The van der Waals surface area contributed by atoms with Crippen molar-refractivity contribution in [2.75, 3.05) is 11.6 Å². The first-order chi connectivity index (χ1) is 9.79. The van der Waals surface area contributed by atoms with Crippen molar-refractivity contribution in [2.24, 2.45) is 5.73 Å². The number of anilines is 2. The van der Waals surface area contributed by atoms with Crippen LogP contribution in [0.15, 0.2) is 47.4 Å². The van der Waals surface area contributed by atoms with E-state index in [-0.39, 0.29) is 4.90 Å². The maximum atomic E-state index is 11.4. The van der Waals surface area contributed by atoms with Crippen LogP contribution in [0, 0.1) is 6.92 Å². The molecule has 0 bridgehead atoms. The van der Waals surface area contributed by atoms with E-state index in [1.54, 1.807) is 24.3 Å². The first kappa shape index (κ1) is 15.5. The second-order valence-electron chi connectivity index (χ2n) is 4.78. The van der Waals surface area contributed by atoms with Crippen LogP contribution in [0.5, 0.6) is 0 Å². The van der Waals surface area contributed by atoms with Crippen LogP contribution in [-0.4, -0.2) is 19.7 Å². The number of hydrogen-bond acceptors (Lipinski definition) is 4. The Morgan fingerprint density at radius 3 is 2.29 bits per heavy atom. The van der Waals surface area contributed by atoms with Gasteiger partial charge < -0.3 is 11.1 Å². The van der Waals surface area contributed by atoms with Crippen LogP contribution >= 0.6 is 12.2 Å². The van der Waals surface area contributed by atoms with Crippen molar-refractivity contribution in [3.8, 4) is 0 Å². The lowest BCUT2D eigenvalue weighted by atomic mass is 10.1.